The molecule has 0 fully saturated rings. The van der Waals surface area contributed by atoms with Gasteiger partial charge in [-0.2, -0.15) is 0 Å². The minimum absolute atomic E-state index is 0.00574. The highest BCUT2D eigenvalue weighted by atomic mass is 32.2. The maximum absolute atomic E-state index is 12.1. The molecule has 1 aromatic rings. The Morgan fingerprint density at radius 1 is 1.29 bits per heavy atom. The Morgan fingerprint density at radius 2 is 1.96 bits per heavy atom. The lowest BCUT2D eigenvalue weighted by atomic mass is 10.2. The number of hydrogen-bond donors (Lipinski definition) is 2. The van der Waals surface area contributed by atoms with Crippen molar-refractivity contribution in [1.29, 1.82) is 0 Å². The van der Waals surface area contributed by atoms with Crippen LogP contribution in [0.15, 0.2) is 35.2 Å². The molecule has 24 heavy (non-hydrogen) atoms. The van der Waals surface area contributed by atoms with Gasteiger partial charge in [-0.15, -0.1) is 11.8 Å². The molecule has 0 saturated heterocycles. The van der Waals surface area contributed by atoms with Gasteiger partial charge in [-0.25, -0.2) is 4.79 Å². The van der Waals surface area contributed by atoms with E-state index in [2.05, 4.69) is 22.3 Å². The van der Waals surface area contributed by atoms with Gasteiger partial charge in [0.05, 0.1) is 6.61 Å². The van der Waals surface area contributed by atoms with Crippen LogP contribution in [0.5, 0.6) is 0 Å². The lowest BCUT2D eigenvalue weighted by molar-refractivity contribution is 0.0504. The number of aliphatic hydroxyl groups excluding tert-OH is 1. The van der Waals surface area contributed by atoms with Crippen molar-refractivity contribution in [3.63, 3.8) is 0 Å². The minimum atomic E-state index is -0.505. The van der Waals surface area contributed by atoms with Crippen LogP contribution in [0.3, 0.4) is 0 Å². The molecule has 136 valence electrons. The highest BCUT2D eigenvalue weighted by Gasteiger charge is 2.20. The molecule has 1 amide bonds. The number of benzene rings is 1. The maximum Gasteiger partial charge on any atom is 0.407 e. The zero-order valence-electron chi connectivity index (χ0n) is 15.1. The third-order valence-corrected chi connectivity index (χ3v) is 4.43. The van der Waals surface area contributed by atoms with Crippen LogP contribution in [0.4, 0.5) is 4.79 Å². The van der Waals surface area contributed by atoms with E-state index in [1.165, 1.54) is 4.90 Å². The van der Waals surface area contributed by atoms with Crippen molar-refractivity contribution in [2.24, 2.45) is 0 Å². The lowest BCUT2D eigenvalue weighted by Crippen LogP contribution is -2.42. The molecule has 1 aromatic carbocycles. The van der Waals surface area contributed by atoms with Gasteiger partial charge in [-0.3, -0.25) is 0 Å². The Kier molecular flexibility index (Phi) is 9.18. The van der Waals surface area contributed by atoms with Gasteiger partial charge in [0.25, 0.3) is 0 Å². The minimum Gasteiger partial charge on any atom is -0.444 e. The van der Waals surface area contributed by atoms with Crippen molar-refractivity contribution >= 4 is 17.9 Å². The molecule has 0 aliphatic rings. The molecule has 0 aliphatic heterocycles. The van der Waals surface area contributed by atoms with Gasteiger partial charge in [0.15, 0.2) is 0 Å². The molecule has 0 aromatic heterocycles. The molecule has 2 N–H and O–H groups in total. The van der Waals surface area contributed by atoms with Crippen molar-refractivity contribution in [2.45, 2.75) is 43.7 Å². The zero-order valence-corrected chi connectivity index (χ0v) is 15.9. The van der Waals surface area contributed by atoms with Crippen molar-refractivity contribution in [2.75, 3.05) is 32.5 Å². The van der Waals surface area contributed by atoms with Crippen LogP contribution >= 0.6 is 11.8 Å². The molecule has 0 spiro atoms. The predicted molar refractivity (Wildman–Crippen MR) is 99.5 cm³/mol. The van der Waals surface area contributed by atoms with Crippen LogP contribution < -0.4 is 5.32 Å². The Hall–Kier alpha value is -1.24. The number of nitrogens with one attached hydrogen (secondary N) is 1. The molecule has 1 atom stereocenters. The summed E-state index contributed by atoms with van der Waals surface area (Å²) in [5.41, 5.74) is -0.505. The molecule has 1 rings (SSSR count). The number of nitrogens with zero attached hydrogens (tertiary/aromatic N) is 1. The Labute approximate surface area is 149 Å². The second-order valence-corrected chi connectivity index (χ2v) is 7.88. The summed E-state index contributed by atoms with van der Waals surface area (Å²) in [4.78, 5) is 15.3. The fourth-order valence-electron chi connectivity index (χ4n) is 2.04. The van der Waals surface area contributed by atoms with Crippen LogP contribution in [0.2, 0.25) is 0 Å². The quantitative estimate of drug-likeness (QED) is 0.668. The van der Waals surface area contributed by atoms with Crippen LogP contribution in [0, 0.1) is 0 Å². The smallest absolute Gasteiger partial charge is 0.407 e. The number of amides is 1. The summed E-state index contributed by atoms with van der Waals surface area (Å²) >= 11 is 1.72. The summed E-state index contributed by atoms with van der Waals surface area (Å²) in [5, 5.41) is 12.0. The largest absolute Gasteiger partial charge is 0.444 e. The van der Waals surface area contributed by atoms with Crippen molar-refractivity contribution < 1.29 is 14.6 Å². The van der Waals surface area contributed by atoms with E-state index in [1.54, 1.807) is 11.8 Å². The van der Waals surface area contributed by atoms with Crippen LogP contribution in [0.25, 0.3) is 0 Å². The average molecular weight is 355 g/mol. The molecule has 6 heteroatoms. The average Bonchev–Trinajstić information content (AvgIpc) is 2.49. The first kappa shape index (κ1) is 20.8. The molecule has 0 heterocycles. The highest BCUT2D eigenvalue weighted by Crippen LogP contribution is 2.19. The van der Waals surface area contributed by atoms with E-state index < -0.39 is 5.60 Å². The molecule has 0 bridgehead atoms. The van der Waals surface area contributed by atoms with Gasteiger partial charge in [0.2, 0.25) is 0 Å². The second-order valence-electron chi connectivity index (χ2n) is 6.78. The van der Waals surface area contributed by atoms with E-state index in [0.717, 1.165) is 18.7 Å². The molecule has 5 nitrogen and oxygen atoms in total. The molecule has 0 saturated carbocycles. The van der Waals surface area contributed by atoms with Crippen LogP contribution in [0.1, 0.15) is 27.2 Å². The first-order valence-corrected chi connectivity index (χ1v) is 9.25. The summed E-state index contributed by atoms with van der Waals surface area (Å²) in [7, 11) is 1.96. The maximum atomic E-state index is 12.1. The normalized spacial score (nSPS) is 12.9. The highest BCUT2D eigenvalue weighted by molar-refractivity contribution is 7.99. The lowest BCUT2D eigenvalue weighted by Gasteiger charge is -2.25. The number of ether oxygens (including phenoxy) is 1. The number of aliphatic hydroxyl groups is 1. The van der Waals surface area contributed by atoms with Gasteiger partial charge in [-0.05, 0) is 52.9 Å². The van der Waals surface area contributed by atoms with Crippen molar-refractivity contribution in [3.8, 4) is 0 Å². The first-order valence-electron chi connectivity index (χ1n) is 8.27. The van der Waals surface area contributed by atoms with E-state index in [0.29, 0.717) is 6.54 Å². The Morgan fingerprint density at radius 3 is 2.54 bits per heavy atom. The summed E-state index contributed by atoms with van der Waals surface area (Å²) in [6.45, 7) is 7.14. The summed E-state index contributed by atoms with van der Waals surface area (Å²) in [6, 6.07) is 10.1. The number of carbonyl (C=O) groups excluding carboxylic acids is 1. The Balaban J connectivity index is 2.55. The molecular formula is C18H30N2O3S. The summed E-state index contributed by atoms with van der Waals surface area (Å²) in [6.07, 6.45) is 0.418. The van der Waals surface area contributed by atoms with Crippen LogP contribution in [-0.4, -0.2) is 60.2 Å². The molecular weight excluding hydrogens is 324 g/mol. The number of hydrogen-bond acceptors (Lipinski definition) is 5. The van der Waals surface area contributed by atoms with Gasteiger partial charge in [0, 0.05) is 23.2 Å². The van der Waals surface area contributed by atoms with Gasteiger partial charge >= 0.3 is 6.09 Å². The fourth-order valence-corrected chi connectivity index (χ4v) is 3.04. The predicted octanol–water partition coefficient (Wildman–Crippen LogP) is 2.99. The summed E-state index contributed by atoms with van der Waals surface area (Å²) < 4.78 is 5.36. The Bertz CT molecular complexity index is 477. The summed E-state index contributed by atoms with van der Waals surface area (Å²) in [5.74, 6) is 0.774. The first-order chi connectivity index (χ1) is 11.3. The third-order valence-electron chi connectivity index (χ3n) is 3.26. The second kappa shape index (κ2) is 10.6. The molecule has 0 aliphatic carbocycles. The number of alkyl carbamates (subject to hydrolysis) is 1. The third kappa shape index (κ3) is 9.80. The number of likely N-dealkylation sites (N-methyl/N-ethyl adjacent to an activating group) is 1. The van der Waals surface area contributed by atoms with E-state index in [-0.39, 0.29) is 18.7 Å². The van der Waals surface area contributed by atoms with Gasteiger partial charge in [0.1, 0.15) is 5.60 Å². The monoisotopic (exact) mass is 354 g/mol. The van der Waals surface area contributed by atoms with E-state index in [9.17, 15) is 4.79 Å². The van der Waals surface area contributed by atoms with Crippen molar-refractivity contribution in [3.05, 3.63) is 30.3 Å². The fraction of sp³-hybridized carbons (Fsp3) is 0.611. The zero-order chi connectivity index (χ0) is 18.0. The molecule has 0 unspecified atom stereocenters. The standard InChI is InChI=1S/C18H30N2O3S/c1-18(2,3)23-17(22)19-15(10-11-20(4)12-13-21)14-24-16-8-6-5-7-9-16/h5-9,15,21H,10-14H2,1-4H3,(H,19,22)/t15-/m1/s1. The number of thioether (sulfide) groups is 1. The van der Waals surface area contributed by atoms with Gasteiger partial charge < -0.3 is 20.1 Å². The van der Waals surface area contributed by atoms with E-state index in [4.69, 9.17) is 9.84 Å². The number of carbonyl (C=O) groups is 1. The molecule has 0 radical (unpaired) electrons. The van der Waals surface area contributed by atoms with E-state index >= 15 is 0 Å². The van der Waals surface area contributed by atoms with Crippen molar-refractivity contribution in [1.82, 2.24) is 10.2 Å². The van der Waals surface area contributed by atoms with Crippen LogP contribution in [-0.2, 0) is 4.74 Å². The van der Waals surface area contributed by atoms with E-state index in [1.807, 2.05) is 46.0 Å². The number of rotatable bonds is 9. The SMILES string of the molecule is CN(CCO)CC[C@H](CSc1ccccc1)NC(=O)OC(C)(C)C. The van der Waals surface area contributed by atoms with Gasteiger partial charge in [-0.1, -0.05) is 18.2 Å². The topological polar surface area (TPSA) is 61.8 Å².